The van der Waals surface area contributed by atoms with Crippen molar-refractivity contribution in [1.29, 1.82) is 0 Å². The van der Waals surface area contributed by atoms with Gasteiger partial charge in [0.15, 0.2) is 9.84 Å². The van der Waals surface area contributed by atoms with E-state index in [4.69, 9.17) is 4.74 Å². The van der Waals surface area contributed by atoms with Crippen LogP contribution in [-0.2, 0) is 19.4 Å². The summed E-state index contributed by atoms with van der Waals surface area (Å²) in [5, 5.41) is 0. The van der Waals surface area contributed by atoms with Crippen molar-refractivity contribution >= 4 is 15.7 Å². The van der Waals surface area contributed by atoms with Gasteiger partial charge in [-0.2, -0.15) is 0 Å². The molecular formula is C18H29NO4S. The summed E-state index contributed by atoms with van der Waals surface area (Å²) < 4.78 is 28.2. The second kappa shape index (κ2) is 9.18. The Hall–Kier alpha value is -1.40. The first-order valence-corrected chi connectivity index (χ1v) is 10.2. The second-order valence-electron chi connectivity index (χ2n) is 6.06. The number of sulfone groups is 1. The van der Waals surface area contributed by atoms with Crippen molar-refractivity contribution in [3.8, 4) is 0 Å². The maximum Gasteiger partial charge on any atom is 0.230 e. The maximum absolute atomic E-state index is 12.9. The molecule has 0 aliphatic heterocycles. The van der Waals surface area contributed by atoms with Crippen LogP contribution in [0.1, 0.15) is 45.1 Å². The first-order valence-electron chi connectivity index (χ1n) is 8.35. The molecule has 1 rings (SSSR count). The minimum absolute atomic E-state index is 0.0489. The topological polar surface area (TPSA) is 63.7 Å². The molecule has 6 heteroatoms. The molecule has 1 aromatic carbocycles. The maximum atomic E-state index is 12.9. The van der Waals surface area contributed by atoms with Crippen LogP contribution in [0.2, 0.25) is 0 Å². The van der Waals surface area contributed by atoms with Gasteiger partial charge in [-0.25, -0.2) is 8.42 Å². The fourth-order valence-corrected chi connectivity index (χ4v) is 3.42. The van der Waals surface area contributed by atoms with E-state index in [1.165, 1.54) is 6.26 Å². The molecule has 1 atom stereocenters. The number of carbonyl (C=O) groups is 1. The van der Waals surface area contributed by atoms with Gasteiger partial charge >= 0.3 is 0 Å². The molecule has 0 aromatic heterocycles. The number of benzene rings is 1. The minimum Gasteiger partial charge on any atom is -0.383 e. The summed E-state index contributed by atoms with van der Waals surface area (Å²) >= 11 is 0. The average molecular weight is 356 g/mol. The van der Waals surface area contributed by atoms with Gasteiger partial charge < -0.3 is 9.64 Å². The van der Waals surface area contributed by atoms with Gasteiger partial charge in [-0.15, -0.1) is 0 Å². The number of hydrogen-bond acceptors (Lipinski definition) is 4. The van der Waals surface area contributed by atoms with E-state index in [1.807, 2.05) is 11.8 Å². The summed E-state index contributed by atoms with van der Waals surface area (Å²) in [7, 11) is -1.60. The Morgan fingerprint density at radius 2 is 1.71 bits per heavy atom. The van der Waals surface area contributed by atoms with E-state index in [9.17, 15) is 13.2 Å². The van der Waals surface area contributed by atoms with Crippen LogP contribution in [0.5, 0.6) is 0 Å². The van der Waals surface area contributed by atoms with Gasteiger partial charge in [0.2, 0.25) is 5.91 Å². The normalized spacial score (nSPS) is 13.1. The largest absolute Gasteiger partial charge is 0.383 e. The molecule has 5 nitrogen and oxygen atoms in total. The molecule has 0 aliphatic rings. The summed E-state index contributed by atoms with van der Waals surface area (Å²) in [6.07, 6.45) is 2.97. The Bertz CT molecular complexity index is 621. The zero-order valence-electron chi connectivity index (χ0n) is 15.3. The van der Waals surface area contributed by atoms with Crippen molar-refractivity contribution in [2.75, 3.05) is 26.5 Å². The molecule has 0 heterocycles. The second-order valence-corrected chi connectivity index (χ2v) is 8.07. The lowest BCUT2D eigenvalue weighted by Gasteiger charge is -2.32. The molecule has 1 aromatic rings. The van der Waals surface area contributed by atoms with Crippen molar-refractivity contribution in [1.82, 2.24) is 4.90 Å². The highest BCUT2D eigenvalue weighted by Gasteiger charge is 2.26. The number of ether oxygens (including phenoxy) is 1. The van der Waals surface area contributed by atoms with E-state index in [1.54, 1.807) is 31.4 Å². The van der Waals surface area contributed by atoms with Crippen molar-refractivity contribution < 1.29 is 17.9 Å². The first-order chi connectivity index (χ1) is 11.3. The van der Waals surface area contributed by atoms with Gasteiger partial charge in [-0.1, -0.05) is 26.0 Å². The van der Waals surface area contributed by atoms with Gasteiger partial charge in [0, 0.05) is 26.0 Å². The highest BCUT2D eigenvalue weighted by Crippen LogP contribution is 2.22. The van der Waals surface area contributed by atoms with E-state index in [2.05, 4.69) is 13.8 Å². The third-order valence-electron chi connectivity index (χ3n) is 4.38. The number of amides is 1. The molecular weight excluding hydrogens is 326 g/mol. The predicted octanol–water partition coefficient (Wildman–Crippen LogP) is 2.86. The van der Waals surface area contributed by atoms with Gasteiger partial charge in [0.25, 0.3) is 0 Å². The number of rotatable bonds is 9. The molecule has 0 N–H and O–H groups in total. The van der Waals surface area contributed by atoms with Gasteiger partial charge in [0.05, 0.1) is 17.4 Å². The number of carbonyl (C=O) groups excluding carboxylic acids is 1. The summed E-state index contributed by atoms with van der Waals surface area (Å²) in [5.41, 5.74) is 0.820. The SMILES string of the molecule is CCC(CC)N(CCOC)C(=O)C(C)c1ccc(S(C)(=O)=O)cc1. The van der Waals surface area contributed by atoms with Crippen LogP contribution in [0.25, 0.3) is 0 Å². The predicted molar refractivity (Wildman–Crippen MR) is 95.9 cm³/mol. The molecule has 0 radical (unpaired) electrons. The first kappa shape index (κ1) is 20.6. The van der Waals surface area contributed by atoms with Gasteiger partial charge in [-0.05, 0) is 37.5 Å². The average Bonchev–Trinajstić information content (AvgIpc) is 2.56. The highest BCUT2D eigenvalue weighted by atomic mass is 32.2. The van der Waals surface area contributed by atoms with Crippen molar-refractivity contribution in [3.05, 3.63) is 29.8 Å². The Labute approximate surface area is 145 Å². The Morgan fingerprint density at radius 3 is 2.12 bits per heavy atom. The van der Waals surface area contributed by atoms with Crippen molar-refractivity contribution in [2.45, 2.75) is 50.5 Å². The van der Waals surface area contributed by atoms with E-state index in [-0.39, 0.29) is 22.8 Å². The number of nitrogens with zero attached hydrogens (tertiary/aromatic N) is 1. The molecule has 136 valence electrons. The van der Waals surface area contributed by atoms with Crippen LogP contribution in [-0.4, -0.2) is 51.8 Å². The summed E-state index contributed by atoms with van der Waals surface area (Å²) in [6, 6.07) is 6.75. The summed E-state index contributed by atoms with van der Waals surface area (Å²) in [5.74, 6) is -0.274. The highest BCUT2D eigenvalue weighted by molar-refractivity contribution is 7.90. The molecule has 0 aliphatic carbocycles. The number of methoxy groups -OCH3 is 1. The zero-order chi connectivity index (χ0) is 18.3. The van der Waals surface area contributed by atoms with Crippen LogP contribution < -0.4 is 0 Å². The molecule has 1 amide bonds. The summed E-state index contributed by atoms with van der Waals surface area (Å²) in [4.78, 5) is 15.1. The van der Waals surface area contributed by atoms with Gasteiger partial charge in [-0.3, -0.25) is 4.79 Å². The Morgan fingerprint density at radius 1 is 1.17 bits per heavy atom. The molecule has 0 saturated carbocycles. The molecule has 0 saturated heterocycles. The van der Waals surface area contributed by atoms with E-state index < -0.39 is 9.84 Å². The standard InChI is InChI=1S/C18H29NO4S/c1-6-16(7-2)19(12-13-23-4)18(20)14(3)15-8-10-17(11-9-15)24(5,21)22/h8-11,14,16H,6-7,12-13H2,1-5H3. The molecule has 0 fully saturated rings. The van der Waals surface area contributed by atoms with E-state index in [0.29, 0.717) is 13.2 Å². The van der Waals surface area contributed by atoms with Crippen molar-refractivity contribution in [3.63, 3.8) is 0 Å². The monoisotopic (exact) mass is 355 g/mol. The number of hydrogen-bond donors (Lipinski definition) is 0. The fourth-order valence-electron chi connectivity index (χ4n) is 2.79. The fraction of sp³-hybridized carbons (Fsp3) is 0.611. The lowest BCUT2D eigenvalue weighted by Crippen LogP contribution is -2.43. The molecule has 0 bridgehead atoms. The zero-order valence-corrected chi connectivity index (χ0v) is 16.1. The quantitative estimate of drug-likeness (QED) is 0.683. The molecule has 24 heavy (non-hydrogen) atoms. The lowest BCUT2D eigenvalue weighted by atomic mass is 9.98. The van der Waals surface area contributed by atoms with Crippen LogP contribution >= 0.6 is 0 Å². The Balaban J connectivity index is 3.00. The van der Waals surface area contributed by atoms with E-state index >= 15 is 0 Å². The van der Waals surface area contributed by atoms with Crippen LogP contribution in [0, 0.1) is 0 Å². The van der Waals surface area contributed by atoms with Crippen LogP contribution in [0.4, 0.5) is 0 Å². The van der Waals surface area contributed by atoms with Crippen LogP contribution in [0.15, 0.2) is 29.2 Å². The lowest BCUT2D eigenvalue weighted by molar-refractivity contribution is -0.135. The van der Waals surface area contributed by atoms with E-state index in [0.717, 1.165) is 18.4 Å². The van der Waals surface area contributed by atoms with Crippen molar-refractivity contribution in [2.24, 2.45) is 0 Å². The Kier molecular flexibility index (Phi) is 7.90. The third kappa shape index (κ3) is 5.31. The smallest absolute Gasteiger partial charge is 0.230 e. The minimum atomic E-state index is -3.23. The molecule has 1 unspecified atom stereocenters. The molecule has 0 spiro atoms. The third-order valence-corrected chi connectivity index (χ3v) is 5.51. The summed E-state index contributed by atoms with van der Waals surface area (Å²) in [6.45, 7) is 7.08. The van der Waals surface area contributed by atoms with Gasteiger partial charge in [0.1, 0.15) is 0 Å². The van der Waals surface area contributed by atoms with Crippen LogP contribution in [0.3, 0.4) is 0 Å².